The predicted molar refractivity (Wildman–Crippen MR) is 67.4 cm³/mol. The molecule has 1 aliphatic rings. The minimum atomic E-state index is -0.902. The number of allylic oxidation sites excluding steroid dienone is 1. The molecular weight excluding hydrogens is 234 g/mol. The van der Waals surface area contributed by atoms with Crippen LogP contribution < -0.4 is 0 Å². The highest BCUT2D eigenvalue weighted by molar-refractivity contribution is 5.86. The Labute approximate surface area is 107 Å². The van der Waals surface area contributed by atoms with E-state index in [0.29, 0.717) is 31.5 Å². The van der Waals surface area contributed by atoms with Gasteiger partial charge in [-0.3, -0.25) is 0 Å². The first-order valence-electron chi connectivity index (χ1n) is 6.20. The fraction of sp³-hybridized carbons (Fsp3) is 0.692. The molecule has 0 aromatic rings. The molecule has 102 valence electrons. The van der Waals surface area contributed by atoms with E-state index in [-0.39, 0.29) is 6.09 Å². The van der Waals surface area contributed by atoms with Gasteiger partial charge in [-0.2, -0.15) is 0 Å². The van der Waals surface area contributed by atoms with Gasteiger partial charge in [-0.05, 0) is 40.0 Å². The van der Waals surface area contributed by atoms with Crippen molar-refractivity contribution in [2.75, 3.05) is 13.1 Å². The standard InChI is InChI=1S/C13H21NO4/c1-13(2,3)18-12(17)14-8-5-4-6-10(7-9-14)11(15)16/h6H,4-5,7-9H2,1-3H3,(H,15,16)/b10-6+. The molecule has 0 spiro atoms. The summed E-state index contributed by atoms with van der Waals surface area (Å²) in [6.45, 7) is 6.46. The highest BCUT2D eigenvalue weighted by atomic mass is 16.6. The third-order valence-corrected chi connectivity index (χ3v) is 2.60. The summed E-state index contributed by atoms with van der Waals surface area (Å²) in [6, 6.07) is 0. The van der Waals surface area contributed by atoms with Crippen molar-refractivity contribution in [3.63, 3.8) is 0 Å². The number of carboxylic acid groups (broad SMARTS) is 1. The van der Waals surface area contributed by atoms with Crippen molar-refractivity contribution in [1.29, 1.82) is 0 Å². The number of carbonyl (C=O) groups is 2. The van der Waals surface area contributed by atoms with Gasteiger partial charge >= 0.3 is 12.1 Å². The number of nitrogens with zero attached hydrogens (tertiary/aromatic N) is 1. The van der Waals surface area contributed by atoms with Crippen molar-refractivity contribution < 1.29 is 19.4 Å². The van der Waals surface area contributed by atoms with Crippen molar-refractivity contribution in [2.24, 2.45) is 0 Å². The number of ether oxygens (including phenoxy) is 1. The topological polar surface area (TPSA) is 66.8 Å². The minimum Gasteiger partial charge on any atom is -0.478 e. The van der Waals surface area contributed by atoms with Gasteiger partial charge in [0, 0.05) is 18.7 Å². The first-order valence-corrected chi connectivity index (χ1v) is 6.20. The Bertz CT molecular complexity index is 354. The van der Waals surface area contributed by atoms with Gasteiger partial charge in [0.2, 0.25) is 0 Å². The van der Waals surface area contributed by atoms with E-state index in [2.05, 4.69) is 0 Å². The largest absolute Gasteiger partial charge is 0.478 e. The Morgan fingerprint density at radius 2 is 2.00 bits per heavy atom. The van der Waals surface area contributed by atoms with E-state index in [1.165, 1.54) is 0 Å². The second kappa shape index (κ2) is 5.89. The van der Waals surface area contributed by atoms with Gasteiger partial charge in [0.15, 0.2) is 0 Å². The summed E-state index contributed by atoms with van der Waals surface area (Å²) in [5, 5.41) is 8.96. The van der Waals surface area contributed by atoms with E-state index < -0.39 is 11.6 Å². The fourth-order valence-electron chi connectivity index (χ4n) is 1.73. The lowest BCUT2D eigenvalue weighted by atomic mass is 10.1. The lowest BCUT2D eigenvalue weighted by Gasteiger charge is -2.28. The molecule has 1 aliphatic heterocycles. The maximum atomic E-state index is 11.9. The van der Waals surface area contributed by atoms with Gasteiger partial charge in [-0.1, -0.05) is 6.08 Å². The zero-order valence-electron chi connectivity index (χ0n) is 11.2. The molecule has 0 saturated carbocycles. The predicted octanol–water partition coefficient (Wildman–Crippen LogP) is 2.42. The Morgan fingerprint density at radius 1 is 1.33 bits per heavy atom. The van der Waals surface area contributed by atoms with Crippen LogP contribution in [0.15, 0.2) is 11.6 Å². The summed E-state index contributed by atoms with van der Waals surface area (Å²) >= 11 is 0. The summed E-state index contributed by atoms with van der Waals surface area (Å²) < 4.78 is 5.29. The van der Waals surface area contributed by atoms with Gasteiger partial charge in [-0.15, -0.1) is 0 Å². The normalized spacial score (nSPS) is 20.4. The van der Waals surface area contributed by atoms with Crippen LogP contribution in [0.1, 0.15) is 40.0 Å². The first kappa shape index (κ1) is 14.5. The molecule has 0 radical (unpaired) electrons. The number of aliphatic carboxylic acids is 1. The molecule has 0 saturated heterocycles. The Morgan fingerprint density at radius 3 is 2.56 bits per heavy atom. The molecule has 1 heterocycles. The molecule has 0 unspecified atom stereocenters. The van der Waals surface area contributed by atoms with Crippen LogP contribution in [0.25, 0.3) is 0 Å². The lowest BCUT2D eigenvalue weighted by molar-refractivity contribution is -0.132. The van der Waals surface area contributed by atoms with Crippen molar-refractivity contribution in [1.82, 2.24) is 4.90 Å². The van der Waals surface area contributed by atoms with E-state index >= 15 is 0 Å². The number of carbonyl (C=O) groups excluding carboxylic acids is 1. The zero-order valence-corrected chi connectivity index (χ0v) is 11.2. The van der Waals surface area contributed by atoms with Crippen LogP contribution in [0, 0.1) is 0 Å². The third kappa shape index (κ3) is 4.77. The summed E-state index contributed by atoms with van der Waals surface area (Å²) in [4.78, 5) is 24.4. The average Bonchev–Trinajstić information content (AvgIpc) is 2.12. The molecule has 18 heavy (non-hydrogen) atoms. The third-order valence-electron chi connectivity index (χ3n) is 2.60. The number of hydrogen-bond acceptors (Lipinski definition) is 3. The summed E-state index contributed by atoms with van der Waals surface area (Å²) in [7, 11) is 0. The van der Waals surface area contributed by atoms with Gasteiger partial charge in [0.1, 0.15) is 5.60 Å². The highest BCUT2D eigenvalue weighted by Crippen LogP contribution is 2.15. The van der Waals surface area contributed by atoms with Crippen molar-refractivity contribution in [2.45, 2.75) is 45.6 Å². The van der Waals surface area contributed by atoms with Crippen LogP contribution in [0.3, 0.4) is 0 Å². The molecular formula is C13H21NO4. The van der Waals surface area contributed by atoms with Crippen molar-refractivity contribution in [3.05, 3.63) is 11.6 Å². The van der Waals surface area contributed by atoms with E-state index in [1.807, 2.05) is 20.8 Å². The van der Waals surface area contributed by atoms with Gasteiger partial charge in [-0.25, -0.2) is 9.59 Å². The number of rotatable bonds is 1. The monoisotopic (exact) mass is 255 g/mol. The van der Waals surface area contributed by atoms with Crippen LogP contribution in [0.4, 0.5) is 4.79 Å². The molecule has 1 amide bonds. The van der Waals surface area contributed by atoms with E-state index in [9.17, 15) is 9.59 Å². The molecule has 0 aliphatic carbocycles. The van der Waals surface area contributed by atoms with Gasteiger partial charge in [0.05, 0.1) is 0 Å². The van der Waals surface area contributed by atoms with E-state index in [4.69, 9.17) is 9.84 Å². The van der Waals surface area contributed by atoms with Crippen molar-refractivity contribution >= 4 is 12.1 Å². The molecule has 0 atom stereocenters. The second-order valence-electron chi connectivity index (χ2n) is 5.39. The molecule has 0 aromatic carbocycles. The maximum absolute atomic E-state index is 11.9. The van der Waals surface area contributed by atoms with Crippen LogP contribution in [-0.2, 0) is 9.53 Å². The van der Waals surface area contributed by atoms with Crippen molar-refractivity contribution in [3.8, 4) is 0 Å². The molecule has 5 nitrogen and oxygen atoms in total. The number of hydrogen-bond donors (Lipinski definition) is 1. The molecule has 0 bridgehead atoms. The van der Waals surface area contributed by atoms with Gasteiger partial charge in [0.25, 0.3) is 0 Å². The van der Waals surface area contributed by atoms with Crippen LogP contribution in [-0.4, -0.2) is 40.8 Å². The maximum Gasteiger partial charge on any atom is 0.410 e. The minimum absolute atomic E-state index is 0.367. The van der Waals surface area contributed by atoms with E-state index in [0.717, 1.165) is 6.42 Å². The zero-order chi connectivity index (χ0) is 13.8. The Hall–Kier alpha value is -1.52. The number of amides is 1. The molecule has 0 fully saturated rings. The smallest absolute Gasteiger partial charge is 0.410 e. The Balaban J connectivity index is 2.62. The summed E-state index contributed by atoms with van der Waals surface area (Å²) in [5.41, 5.74) is -0.145. The molecule has 5 heteroatoms. The fourth-order valence-corrected chi connectivity index (χ4v) is 1.73. The SMILES string of the molecule is CC(C)(C)OC(=O)N1CCC/C=C(/C(=O)O)CC1. The first-order chi connectivity index (χ1) is 8.29. The molecule has 1 rings (SSSR count). The lowest BCUT2D eigenvalue weighted by Crippen LogP contribution is -2.38. The Kier molecular flexibility index (Phi) is 4.76. The summed E-state index contributed by atoms with van der Waals surface area (Å²) in [6.07, 6.45) is 3.19. The van der Waals surface area contributed by atoms with E-state index in [1.54, 1.807) is 11.0 Å². The van der Waals surface area contributed by atoms with Crippen LogP contribution in [0.2, 0.25) is 0 Å². The van der Waals surface area contributed by atoms with Crippen LogP contribution >= 0.6 is 0 Å². The van der Waals surface area contributed by atoms with Crippen LogP contribution in [0.5, 0.6) is 0 Å². The average molecular weight is 255 g/mol. The summed E-state index contributed by atoms with van der Waals surface area (Å²) in [5.74, 6) is -0.902. The molecule has 0 aromatic heterocycles. The number of carboxylic acids is 1. The second-order valence-corrected chi connectivity index (χ2v) is 5.39. The van der Waals surface area contributed by atoms with Gasteiger partial charge < -0.3 is 14.7 Å². The highest BCUT2D eigenvalue weighted by Gasteiger charge is 2.23. The molecule has 1 N–H and O–H groups in total. The quantitative estimate of drug-likeness (QED) is 0.781.